The molecule has 10 heteroatoms. The van der Waals surface area contributed by atoms with Gasteiger partial charge in [0.25, 0.3) is 0 Å². The van der Waals surface area contributed by atoms with Crippen LogP contribution < -0.4 is 14.2 Å². The summed E-state index contributed by atoms with van der Waals surface area (Å²) < 4.78 is 21.9. The fraction of sp³-hybridized carbons (Fsp3) is 0.375. The molecule has 1 aliphatic rings. The first-order valence-corrected chi connectivity index (χ1v) is 10.5. The quantitative estimate of drug-likeness (QED) is 0.325. The van der Waals surface area contributed by atoms with Crippen LogP contribution in [0.25, 0.3) is 6.08 Å². The Morgan fingerprint density at radius 3 is 2.15 bits per heavy atom. The molecule has 0 unspecified atom stereocenters. The van der Waals surface area contributed by atoms with Crippen LogP contribution in [-0.4, -0.2) is 83.0 Å². The van der Waals surface area contributed by atoms with E-state index in [1.165, 1.54) is 32.4 Å². The molecule has 1 fully saturated rings. The molecule has 0 saturated carbocycles. The maximum atomic E-state index is 11.8. The van der Waals surface area contributed by atoms with E-state index >= 15 is 0 Å². The SMILES string of the molecule is COc1cc(C=C(Cc2ccccc2)C(=O)O)cc(OC)c1O[C@@H]1O[C@H](CO)[C@H](O)[C@H](O)[C@H]1O. The van der Waals surface area contributed by atoms with Crippen molar-refractivity contribution >= 4 is 12.0 Å². The van der Waals surface area contributed by atoms with Gasteiger partial charge in [-0.05, 0) is 29.3 Å². The predicted octanol–water partition coefficient (Wildman–Crippen LogP) is 0.593. The molecular weight excluding hydrogens is 448 g/mol. The molecule has 0 aliphatic carbocycles. The van der Waals surface area contributed by atoms with Gasteiger partial charge >= 0.3 is 5.97 Å². The number of hydrogen-bond donors (Lipinski definition) is 5. The van der Waals surface area contributed by atoms with Crippen LogP contribution in [0, 0.1) is 0 Å². The first-order valence-electron chi connectivity index (χ1n) is 10.5. The summed E-state index contributed by atoms with van der Waals surface area (Å²) >= 11 is 0. The smallest absolute Gasteiger partial charge is 0.331 e. The van der Waals surface area contributed by atoms with Crippen LogP contribution in [0.1, 0.15) is 11.1 Å². The van der Waals surface area contributed by atoms with Crippen LogP contribution in [0.3, 0.4) is 0 Å². The second-order valence-electron chi connectivity index (χ2n) is 7.71. The van der Waals surface area contributed by atoms with Crippen molar-refractivity contribution in [2.75, 3.05) is 20.8 Å². The third-order valence-electron chi connectivity index (χ3n) is 5.42. The molecule has 184 valence electrons. The lowest BCUT2D eigenvalue weighted by molar-refractivity contribution is -0.277. The Bertz CT molecular complexity index is 979. The van der Waals surface area contributed by atoms with Gasteiger partial charge in [0.15, 0.2) is 11.5 Å². The number of aliphatic hydroxyl groups is 4. The van der Waals surface area contributed by atoms with Crippen molar-refractivity contribution in [1.82, 2.24) is 0 Å². The molecule has 3 rings (SSSR count). The number of carboxylic acid groups (broad SMARTS) is 1. The van der Waals surface area contributed by atoms with Crippen molar-refractivity contribution in [2.45, 2.75) is 37.1 Å². The normalized spacial score (nSPS) is 25.0. The number of carbonyl (C=O) groups is 1. The van der Waals surface area contributed by atoms with Crippen LogP contribution >= 0.6 is 0 Å². The first-order chi connectivity index (χ1) is 16.3. The van der Waals surface area contributed by atoms with Crippen molar-refractivity contribution in [2.24, 2.45) is 0 Å². The Hall–Kier alpha value is -3.15. The Morgan fingerprint density at radius 1 is 1.00 bits per heavy atom. The summed E-state index contributed by atoms with van der Waals surface area (Å²) in [6, 6.07) is 12.2. The largest absolute Gasteiger partial charge is 0.493 e. The van der Waals surface area contributed by atoms with E-state index in [-0.39, 0.29) is 29.2 Å². The Kier molecular flexibility index (Phi) is 8.48. The lowest BCUT2D eigenvalue weighted by Crippen LogP contribution is -2.60. The van der Waals surface area contributed by atoms with Crippen molar-refractivity contribution < 1.29 is 49.3 Å². The molecular formula is C24H28O10. The lowest BCUT2D eigenvalue weighted by Gasteiger charge is -2.39. The predicted molar refractivity (Wildman–Crippen MR) is 120 cm³/mol. The van der Waals surface area contributed by atoms with E-state index in [4.69, 9.17) is 18.9 Å². The van der Waals surface area contributed by atoms with E-state index in [1.54, 1.807) is 0 Å². The van der Waals surface area contributed by atoms with E-state index in [2.05, 4.69) is 0 Å². The highest BCUT2D eigenvalue weighted by atomic mass is 16.7. The zero-order valence-corrected chi connectivity index (χ0v) is 18.7. The van der Waals surface area contributed by atoms with Gasteiger partial charge in [0.05, 0.1) is 20.8 Å². The summed E-state index contributed by atoms with van der Waals surface area (Å²) in [5, 5.41) is 49.3. The zero-order valence-electron chi connectivity index (χ0n) is 18.7. The van der Waals surface area contributed by atoms with Crippen LogP contribution in [0.4, 0.5) is 0 Å². The van der Waals surface area contributed by atoms with E-state index in [1.807, 2.05) is 30.3 Å². The standard InChI is InChI=1S/C24H28O10/c1-31-16-10-14(9-15(23(29)30)8-13-6-4-3-5-7-13)11-17(32-2)22(16)34-24-21(28)20(27)19(26)18(12-25)33-24/h3-7,9-11,18-21,24-28H,8,12H2,1-2H3,(H,29,30)/t18-,19+,20+,21-,24+/m1/s1. The van der Waals surface area contributed by atoms with Crippen molar-refractivity contribution in [3.05, 3.63) is 59.2 Å². The molecule has 1 saturated heterocycles. The van der Waals surface area contributed by atoms with Crippen molar-refractivity contribution in [1.29, 1.82) is 0 Å². The molecule has 5 atom stereocenters. The monoisotopic (exact) mass is 476 g/mol. The van der Waals surface area contributed by atoms with Crippen LogP contribution in [0.5, 0.6) is 17.2 Å². The molecule has 10 nitrogen and oxygen atoms in total. The molecule has 0 bridgehead atoms. The van der Waals surface area contributed by atoms with Gasteiger partial charge in [-0.15, -0.1) is 0 Å². The van der Waals surface area contributed by atoms with Crippen molar-refractivity contribution in [3.8, 4) is 17.2 Å². The lowest BCUT2D eigenvalue weighted by atomic mass is 9.99. The molecule has 1 aliphatic heterocycles. The summed E-state index contributed by atoms with van der Waals surface area (Å²) in [7, 11) is 2.73. The number of aliphatic hydroxyl groups excluding tert-OH is 4. The van der Waals surface area contributed by atoms with E-state index in [0.717, 1.165) is 5.56 Å². The van der Waals surface area contributed by atoms with Gasteiger partial charge in [-0.25, -0.2) is 4.79 Å². The van der Waals surface area contributed by atoms with E-state index in [9.17, 15) is 30.3 Å². The molecule has 1 heterocycles. The summed E-state index contributed by atoms with van der Waals surface area (Å²) in [6.45, 7) is -0.609. The number of benzene rings is 2. The maximum Gasteiger partial charge on any atom is 0.331 e. The van der Waals surface area contributed by atoms with E-state index in [0.29, 0.717) is 5.56 Å². The fourth-order valence-electron chi connectivity index (χ4n) is 3.59. The average Bonchev–Trinajstić information content (AvgIpc) is 2.84. The number of aliphatic carboxylic acids is 1. The molecule has 0 amide bonds. The van der Waals surface area contributed by atoms with Crippen LogP contribution in [0.15, 0.2) is 48.0 Å². The number of rotatable bonds is 9. The van der Waals surface area contributed by atoms with Crippen LogP contribution in [-0.2, 0) is 16.0 Å². The summed E-state index contributed by atoms with van der Waals surface area (Å²) in [6.07, 6.45) is -5.70. The minimum Gasteiger partial charge on any atom is -0.493 e. The van der Waals surface area contributed by atoms with Gasteiger partial charge in [-0.3, -0.25) is 0 Å². The van der Waals surface area contributed by atoms with Gasteiger partial charge in [0.1, 0.15) is 24.4 Å². The highest BCUT2D eigenvalue weighted by Gasteiger charge is 2.45. The van der Waals surface area contributed by atoms with E-state index < -0.39 is 43.3 Å². The fourth-order valence-corrected chi connectivity index (χ4v) is 3.59. The molecule has 0 radical (unpaired) electrons. The van der Waals surface area contributed by atoms with Gasteiger partial charge in [0, 0.05) is 12.0 Å². The maximum absolute atomic E-state index is 11.8. The highest BCUT2D eigenvalue weighted by Crippen LogP contribution is 2.41. The number of ether oxygens (including phenoxy) is 4. The Balaban J connectivity index is 1.94. The van der Waals surface area contributed by atoms with Gasteiger partial charge < -0.3 is 44.5 Å². The second kappa shape index (κ2) is 11.3. The summed E-state index contributed by atoms with van der Waals surface area (Å²) in [4.78, 5) is 11.8. The molecule has 2 aromatic carbocycles. The Morgan fingerprint density at radius 2 is 1.62 bits per heavy atom. The zero-order chi connectivity index (χ0) is 24.8. The molecule has 2 aromatic rings. The third kappa shape index (κ3) is 5.66. The van der Waals surface area contributed by atoms with Crippen LogP contribution in [0.2, 0.25) is 0 Å². The Labute approximate surface area is 196 Å². The minimum absolute atomic E-state index is 0.0198. The first kappa shape index (κ1) is 25.5. The number of carboxylic acids is 1. The van der Waals surface area contributed by atoms with Gasteiger partial charge in [0.2, 0.25) is 12.0 Å². The molecule has 0 aromatic heterocycles. The minimum atomic E-state index is -1.63. The average molecular weight is 476 g/mol. The topological polar surface area (TPSA) is 155 Å². The highest BCUT2D eigenvalue weighted by molar-refractivity contribution is 5.93. The van der Waals surface area contributed by atoms with Gasteiger partial charge in [-0.1, -0.05) is 30.3 Å². The number of hydrogen-bond acceptors (Lipinski definition) is 9. The third-order valence-corrected chi connectivity index (χ3v) is 5.42. The number of methoxy groups -OCH3 is 2. The molecule has 34 heavy (non-hydrogen) atoms. The summed E-state index contributed by atoms with van der Waals surface area (Å²) in [5.74, 6) is -0.770. The summed E-state index contributed by atoms with van der Waals surface area (Å²) in [5.41, 5.74) is 1.43. The molecule has 5 N–H and O–H groups in total. The molecule has 0 spiro atoms. The second-order valence-corrected chi connectivity index (χ2v) is 7.71. The van der Waals surface area contributed by atoms with Gasteiger partial charge in [-0.2, -0.15) is 0 Å². The van der Waals surface area contributed by atoms with Crippen molar-refractivity contribution in [3.63, 3.8) is 0 Å².